The second kappa shape index (κ2) is 6.47. The molecular weight excluding hydrogens is 336 g/mol. The van der Waals surface area contributed by atoms with Gasteiger partial charge in [-0.25, -0.2) is 0 Å². The molecule has 1 aliphatic rings. The summed E-state index contributed by atoms with van der Waals surface area (Å²) in [4.78, 5) is 26.0. The molecule has 1 heterocycles. The number of nitrogens with zero attached hydrogens (tertiary/aromatic N) is 1. The Morgan fingerprint density at radius 1 is 1.43 bits per heavy atom. The maximum Gasteiger partial charge on any atom is 0.250 e. The lowest BCUT2D eigenvalue weighted by molar-refractivity contribution is -0.131. The molecule has 1 aromatic carbocycles. The summed E-state index contributed by atoms with van der Waals surface area (Å²) in [5.74, 6) is 0.648. The van der Waals surface area contributed by atoms with E-state index in [0.717, 1.165) is 4.47 Å². The average Bonchev–Trinajstić information content (AvgIpc) is 2.42. The number of carbonyl (C=O) groups is 2. The highest BCUT2D eigenvalue weighted by atomic mass is 79.9. The van der Waals surface area contributed by atoms with Crippen molar-refractivity contribution in [3.8, 4) is 5.75 Å². The van der Waals surface area contributed by atoms with Crippen molar-refractivity contribution in [2.24, 2.45) is 5.92 Å². The average molecular weight is 355 g/mol. The number of methoxy groups -OCH3 is 1. The van der Waals surface area contributed by atoms with Crippen LogP contribution in [0.5, 0.6) is 5.75 Å². The second-order valence-corrected chi connectivity index (χ2v) is 6.41. The zero-order valence-corrected chi connectivity index (χ0v) is 13.9. The zero-order valence-electron chi connectivity index (χ0n) is 12.4. The van der Waals surface area contributed by atoms with Crippen molar-refractivity contribution in [1.82, 2.24) is 5.32 Å². The van der Waals surface area contributed by atoms with Crippen LogP contribution in [0.4, 0.5) is 5.69 Å². The number of ether oxygens (including phenoxy) is 1. The van der Waals surface area contributed by atoms with E-state index in [0.29, 0.717) is 23.8 Å². The van der Waals surface area contributed by atoms with Gasteiger partial charge in [-0.15, -0.1) is 0 Å². The number of nitrogens with one attached hydrogen (secondary N) is 1. The van der Waals surface area contributed by atoms with Crippen LogP contribution in [-0.2, 0) is 9.59 Å². The van der Waals surface area contributed by atoms with Gasteiger partial charge >= 0.3 is 0 Å². The first-order chi connectivity index (χ1) is 9.92. The Morgan fingerprint density at radius 2 is 2.14 bits per heavy atom. The number of anilines is 1. The van der Waals surface area contributed by atoms with Crippen molar-refractivity contribution in [3.63, 3.8) is 0 Å². The lowest BCUT2D eigenvalue weighted by atomic mass is 10.0. The molecule has 1 unspecified atom stereocenters. The van der Waals surface area contributed by atoms with E-state index in [-0.39, 0.29) is 18.4 Å². The minimum atomic E-state index is -0.477. The van der Waals surface area contributed by atoms with Crippen molar-refractivity contribution in [3.05, 3.63) is 22.7 Å². The van der Waals surface area contributed by atoms with Gasteiger partial charge in [-0.3, -0.25) is 14.5 Å². The predicted molar refractivity (Wildman–Crippen MR) is 84.4 cm³/mol. The fourth-order valence-corrected chi connectivity index (χ4v) is 2.77. The van der Waals surface area contributed by atoms with Gasteiger partial charge in [0.05, 0.1) is 12.8 Å². The zero-order chi connectivity index (χ0) is 15.6. The Kier molecular flexibility index (Phi) is 4.88. The predicted octanol–water partition coefficient (Wildman–Crippen LogP) is 2.34. The normalized spacial score (nSPS) is 18.9. The van der Waals surface area contributed by atoms with E-state index in [1.54, 1.807) is 19.2 Å². The fraction of sp³-hybridized carbons (Fsp3) is 0.467. The van der Waals surface area contributed by atoms with Crippen LogP contribution in [0.25, 0.3) is 0 Å². The molecule has 0 aliphatic carbocycles. The number of hydrogen-bond acceptors (Lipinski definition) is 3. The molecule has 0 aromatic heterocycles. The molecule has 114 valence electrons. The minimum Gasteiger partial charge on any atom is -0.495 e. The largest absolute Gasteiger partial charge is 0.495 e. The Balaban J connectivity index is 2.35. The minimum absolute atomic E-state index is 0.0141. The molecule has 0 radical (unpaired) electrons. The Morgan fingerprint density at radius 3 is 2.76 bits per heavy atom. The Bertz CT molecular complexity index is 560. The quantitative estimate of drug-likeness (QED) is 0.902. The number of rotatable bonds is 4. The molecule has 21 heavy (non-hydrogen) atoms. The third-order valence-corrected chi connectivity index (χ3v) is 3.83. The van der Waals surface area contributed by atoms with E-state index >= 15 is 0 Å². The number of piperazine rings is 1. The molecule has 0 saturated carbocycles. The lowest BCUT2D eigenvalue weighted by Crippen LogP contribution is -2.58. The van der Waals surface area contributed by atoms with Crippen molar-refractivity contribution in [2.75, 3.05) is 18.6 Å². The van der Waals surface area contributed by atoms with Crippen molar-refractivity contribution < 1.29 is 14.3 Å². The molecule has 2 rings (SSSR count). The number of benzene rings is 1. The van der Waals surface area contributed by atoms with Crippen LogP contribution < -0.4 is 15.0 Å². The van der Waals surface area contributed by atoms with E-state index in [1.165, 1.54) is 4.90 Å². The number of carbonyl (C=O) groups excluding carboxylic acids is 2. The fourth-order valence-electron chi connectivity index (χ4n) is 2.42. The van der Waals surface area contributed by atoms with Crippen molar-refractivity contribution >= 4 is 33.4 Å². The topological polar surface area (TPSA) is 58.6 Å². The maximum atomic E-state index is 12.6. The highest BCUT2D eigenvalue weighted by Crippen LogP contribution is 2.32. The summed E-state index contributed by atoms with van der Waals surface area (Å²) < 4.78 is 6.14. The molecule has 5 nitrogen and oxygen atoms in total. The van der Waals surface area contributed by atoms with Gasteiger partial charge in [0.1, 0.15) is 18.3 Å². The molecule has 1 fully saturated rings. The Hall–Kier alpha value is -1.56. The van der Waals surface area contributed by atoms with Gasteiger partial charge in [-0.1, -0.05) is 29.8 Å². The van der Waals surface area contributed by atoms with Gasteiger partial charge in [0.25, 0.3) is 0 Å². The van der Waals surface area contributed by atoms with Crippen LogP contribution in [0.15, 0.2) is 22.7 Å². The maximum absolute atomic E-state index is 12.6. The highest BCUT2D eigenvalue weighted by molar-refractivity contribution is 9.10. The summed E-state index contributed by atoms with van der Waals surface area (Å²) in [5.41, 5.74) is 0.612. The summed E-state index contributed by atoms with van der Waals surface area (Å²) in [6.07, 6.45) is 0.622. The van der Waals surface area contributed by atoms with E-state index < -0.39 is 6.04 Å². The van der Waals surface area contributed by atoms with Gasteiger partial charge in [0.15, 0.2) is 0 Å². The molecule has 1 aliphatic heterocycles. The summed E-state index contributed by atoms with van der Waals surface area (Å²) in [6.45, 7) is 4.07. The Labute approximate surface area is 132 Å². The van der Waals surface area contributed by atoms with Crippen LogP contribution in [0.3, 0.4) is 0 Å². The van der Waals surface area contributed by atoms with Gasteiger partial charge in [-0.2, -0.15) is 0 Å². The van der Waals surface area contributed by atoms with Crippen LogP contribution in [-0.4, -0.2) is 31.5 Å². The molecule has 0 bridgehead atoms. The van der Waals surface area contributed by atoms with Crippen LogP contribution in [0.2, 0.25) is 0 Å². The number of halogens is 1. The molecule has 2 amide bonds. The van der Waals surface area contributed by atoms with Gasteiger partial charge in [-0.05, 0) is 30.5 Å². The molecule has 1 aromatic rings. The SMILES string of the molecule is COc1ccc(Br)cc1N1CC(=O)NC(CC(C)C)C1=O. The summed E-state index contributed by atoms with van der Waals surface area (Å²) >= 11 is 3.39. The lowest BCUT2D eigenvalue weighted by Gasteiger charge is -2.34. The number of hydrogen-bond donors (Lipinski definition) is 1. The summed E-state index contributed by atoms with van der Waals surface area (Å²) in [5, 5.41) is 2.77. The molecule has 1 N–H and O–H groups in total. The molecule has 1 atom stereocenters. The number of amides is 2. The first kappa shape index (κ1) is 15.8. The smallest absolute Gasteiger partial charge is 0.250 e. The van der Waals surface area contributed by atoms with Crippen LogP contribution in [0.1, 0.15) is 20.3 Å². The van der Waals surface area contributed by atoms with E-state index in [1.807, 2.05) is 19.9 Å². The van der Waals surface area contributed by atoms with E-state index in [4.69, 9.17) is 4.74 Å². The third-order valence-electron chi connectivity index (χ3n) is 3.34. The van der Waals surface area contributed by atoms with E-state index in [2.05, 4.69) is 21.2 Å². The highest BCUT2D eigenvalue weighted by Gasteiger charge is 2.35. The van der Waals surface area contributed by atoms with E-state index in [9.17, 15) is 9.59 Å². The second-order valence-electron chi connectivity index (χ2n) is 5.49. The molecule has 6 heteroatoms. The van der Waals surface area contributed by atoms with Crippen LogP contribution >= 0.6 is 15.9 Å². The first-order valence-electron chi connectivity index (χ1n) is 6.86. The van der Waals surface area contributed by atoms with Gasteiger partial charge in [0.2, 0.25) is 11.8 Å². The molecular formula is C15H19BrN2O3. The monoisotopic (exact) mass is 354 g/mol. The summed E-state index contributed by atoms with van der Waals surface area (Å²) in [6, 6.07) is 4.93. The summed E-state index contributed by atoms with van der Waals surface area (Å²) in [7, 11) is 1.55. The van der Waals surface area contributed by atoms with Crippen molar-refractivity contribution in [2.45, 2.75) is 26.3 Å². The van der Waals surface area contributed by atoms with Gasteiger partial charge in [0, 0.05) is 4.47 Å². The standard InChI is InChI=1S/C15H19BrN2O3/c1-9(2)6-11-15(20)18(8-14(19)17-11)12-7-10(16)4-5-13(12)21-3/h4-5,7,9,11H,6,8H2,1-3H3,(H,17,19). The third kappa shape index (κ3) is 3.56. The molecule has 1 saturated heterocycles. The first-order valence-corrected chi connectivity index (χ1v) is 7.66. The van der Waals surface area contributed by atoms with Crippen molar-refractivity contribution in [1.29, 1.82) is 0 Å². The molecule has 0 spiro atoms. The van der Waals surface area contributed by atoms with Gasteiger partial charge < -0.3 is 10.1 Å². The van der Waals surface area contributed by atoms with Crippen LogP contribution in [0, 0.1) is 5.92 Å².